The molecule has 9 heteroatoms. The van der Waals surface area contributed by atoms with E-state index in [4.69, 9.17) is 0 Å². The highest BCUT2D eigenvalue weighted by Crippen LogP contribution is 2.29. The van der Waals surface area contributed by atoms with Gasteiger partial charge in [-0.1, -0.05) is 18.2 Å². The van der Waals surface area contributed by atoms with Crippen LogP contribution in [0, 0.1) is 17.0 Å². The molecule has 132 valence electrons. The number of sulfonamides is 1. The van der Waals surface area contributed by atoms with Gasteiger partial charge in [0.15, 0.2) is 0 Å². The second-order valence-corrected chi connectivity index (χ2v) is 7.16. The normalized spacial score (nSPS) is 11.0. The molecule has 0 saturated heterocycles. The summed E-state index contributed by atoms with van der Waals surface area (Å²) in [6.07, 6.45) is 0. The van der Waals surface area contributed by atoms with E-state index < -0.39 is 20.9 Å². The molecule has 2 aromatic rings. The highest BCUT2D eigenvalue weighted by atomic mass is 32.2. The molecule has 0 unspecified atom stereocenters. The van der Waals surface area contributed by atoms with Gasteiger partial charge in [-0.15, -0.1) is 0 Å². The van der Waals surface area contributed by atoms with Crippen LogP contribution in [0.2, 0.25) is 0 Å². The maximum Gasteiger partial charge on any atom is 0.340 e. The maximum absolute atomic E-state index is 12.8. The lowest BCUT2D eigenvalue weighted by atomic mass is 10.2. The number of aryl methyl sites for hydroxylation is 1. The molecular weight excluding hydrogens is 348 g/mol. The molecule has 0 saturated carbocycles. The number of ether oxygens (including phenoxy) is 1. The molecule has 0 aliphatic heterocycles. The molecule has 0 aliphatic carbocycles. The van der Waals surface area contributed by atoms with Gasteiger partial charge in [0.1, 0.15) is 0 Å². The molecule has 0 atom stereocenters. The zero-order valence-corrected chi connectivity index (χ0v) is 14.6. The molecule has 0 amide bonds. The van der Waals surface area contributed by atoms with E-state index in [1.54, 1.807) is 12.1 Å². The summed E-state index contributed by atoms with van der Waals surface area (Å²) in [6, 6.07) is 9.69. The van der Waals surface area contributed by atoms with Gasteiger partial charge >= 0.3 is 5.97 Å². The van der Waals surface area contributed by atoms with Crippen molar-refractivity contribution in [3.8, 4) is 0 Å². The van der Waals surface area contributed by atoms with E-state index in [0.717, 1.165) is 10.4 Å². The molecule has 0 spiro atoms. The molecule has 0 fully saturated rings. The summed E-state index contributed by atoms with van der Waals surface area (Å²) < 4.78 is 31.2. The van der Waals surface area contributed by atoms with Crippen LogP contribution in [0.15, 0.2) is 47.4 Å². The Morgan fingerprint density at radius 1 is 1.20 bits per heavy atom. The number of hydrogen-bond acceptors (Lipinski definition) is 6. The molecule has 8 nitrogen and oxygen atoms in total. The van der Waals surface area contributed by atoms with Crippen LogP contribution in [0.3, 0.4) is 0 Å². The van der Waals surface area contributed by atoms with Crippen LogP contribution in [0.25, 0.3) is 0 Å². The number of para-hydroxylation sites is 1. The van der Waals surface area contributed by atoms with E-state index in [9.17, 15) is 23.3 Å². The van der Waals surface area contributed by atoms with Crippen molar-refractivity contribution < 1.29 is 22.9 Å². The quantitative estimate of drug-likeness (QED) is 0.458. The monoisotopic (exact) mass is 364 g/mol. The van der Waals surface area contributed by atoms with Gasteiger partial charge in [-0.25, -0.2) is 13.2 Å². The van der Waals surface area contributed by atoms with Crippen LogP contribution in [0.5, 0.6) is 0 Å². The first kappa shape index (κ1) is 18.4. The number of hydrogen-bond donors (Lipinski definition) is 0. The van der Waals surface area contributed by atoms with Crippen molar-refractivity contribution in [2.75, 3.05) is 18.5 Å². The minimum Gasteiger partial charge on any atom is -0.465 e. The Balaban J connectivity index is 2.56. The second kappa shape index (κ2) is 6.89. The van der Waals surface area contributed by atoms with Gasteiger partial charge in [0, 0.05) is 18.7 Å². The summed E-state index contributed by atoms with van der Waals surface area (Å²) in [5.41, 5.74) is 0.229. The van der Waals surface area contributed by atoms with E-state index in [1.807, 2.05) is 0 Å². The number of rotatable bonds is 5. The minimum atomic E-state index is -4.11. The van der Waals surface area contributed by atoms with Crippen molar-refractivity contribution in [2.24, 2.45) is 0 Å². The minimum absolute atomic E-state index is 0.0673. The lowest BCUT2D eigenvalue weighted by Crippen LogP contribution is -2.28. The SMILES string of the molecule is COC(=O)c1ccccc1N(C)S(=O)(=O)c1ccc(C)c([N+](=O)[O-])c1. The Morgan fingerprint density at radius 3 is 2.44 bits per heavy atom. The van der Waals surface area contributed by atoms with E-state index in [-0.39, 0.29) is 21.8 Å². The van der Waals surface area contributed by atoms with Gasteiger partial charge in [-0.2, -0.15) is 0 Å². The standard InChI is InChI=1S/C16H16N2O6S/c1-11-8-9-12(10-15(11)18(20)21)25(22,23)17(2)14-7-5-4-6-13(14)16(19)24-3/h4-10H,1-3H3. The van der Waals surface area contributed by atoms with E-state index in [1.165, 1.54) is 45.3 Å². The van der Waals surface area contributed by atoms with Crippen LogP contribution in [0.1, 0.15) is 15.9 Å². The van der Waals surface area contributed by atoms with Crippen molar-refractivity contribution in [3.05, 3.63) is 63.7 Å². The van der Waals surface area contributed by atoms with E-state index >= 15 is 0 Å². The Morgan fingerprint density at radius 2 is 1.84 bits per heavy atom. The molecular formula is C16H16N2O6S. The van der Waals surface area contributed by atoms with Gasteiger partial charge in [0.25, 0.3) is 15.7 Å². The summed E-state index contributed by atoms with van der Waals surface area (Å²) in [6.45, 7) is 1.52. The highest BCUT2D eigenvalue weighted by Gasteiger charge is 2.27. The number of anilines is 1. The molecule has 25 heavy (non-hydrogen) atoms. The summed E-state index contributed by atoms with van der Waals surface area (Å²) in [5, 5.41) is 11.1. The van der Waals surface area contributed by atoms with Crippen molar-refractivity contribution in [1.82, 2.24) is 0 Å². The maximum atomic E-state index is 12.8. The van der Waals surface area contributed by atoms with E-state index in [0.29, 0.717) is 5.56 Å². The zero-order valence-electron chi connectivity index (χ0n) is 13.8. The van der Waals surface area contributed by atoms with Gasteiger partial charge in [-0.3, -0.25) is 14.4 Å². The molecule has 0 heterocycles. The predicted molar refractivity (Wildman–Crippen MR) is 91.2 cm³/mol. The van der Waals surface area contributed by atoms with Crippen molar-refractivity contribution in [1.29, 1.82) is 0 Å². The number of carbonyl (C=O) groups excluding carboxylic acids is 1. The first-order valence-corrected chi connectivity index (χ1v) is 8.55. The average Bonchev–Trinajstić information content (AvgIpc) is 2.60. The highest BCUT2D eigenvalue weighted by molar-refractivity contribution is 7.92. The smallest absolute Gasteiger partial charge is 0.340 e. The third-order valence-electron chi connectivity index (χ3n) is 3.68. The average molecular weight is 364 g/mol. The molecule has 0 bridgehead atoms. The first-order chi connectivity index (χ1) is 11.7. The topological polar surface area (TPSA) is 107 Å². The third kappa shape index (κ3) is 3.45. The Kier molecular flexibility index (Phi) is 5.07. The summed E-state index contributed by atoms with van der Waals surface area (Å²) >= 11 is 0. The van der Waals surface area contributed by atoms with Gasteiger partial charge < -0.3 is 4.74 Å². The molecule has 2 rings (SSSR count). The molecule has 2 aromatic carbocycles. The fourth-order valence-electron chi connectivity index (χ4n) is 2.26. The summed E-state index contributed by atoms with van der Waals surface area (Å²) in [4.78, 5) is 22.0. The van der Waals surface area contributed by atoms with Gasteiger partial charge in [0.05, 0.1) is 28.2 Å². The third-order valence-corrected chi connectivity index (χ3v) is 5.45. The lowest BCUT2D eigenvalue weighted by Gasteiger charge is -2.21. The second-order valence-electron chi connectivity index (χ2n) is 5.19. The Labute approximate surface area is 144 Å². The van der Waals surface area contributed by atoms with Crippen LogP contribution < -0.4 is 4.31 Å². The molecule has 0 aliphatic rings. The number of carbonyl (C=O) groups is 1. The van der Waals surface area contributed by atoms with Crippen molar-refractivity contribution in [2.45, 2.75) is 11.8 Å². The molecule has 0 aromatic heterocycles. The lowest BCUT2D eigenvalue weighted by molar-refractivity contribution is -0.385. The number of esters is 1. The van der Waals surface area contributed by atoms with Crippen molar-refractivity contribution in [3.63, 3.8) is 0 Å². The van der Waals surface area contributed by atoms with Crippen molar-refractivity contribution >= 4 is 27.4 Å². The summed E-state index contributed by atoms with van der Waals surface area (Å²) in [7, 11) is -1.65. The molecule has 0 N–H and O–H groups in total. The fraction of sp³-hybridized carbons (Fsp3) is 0.188. The summed E-state index contributed by atoms with van der Waals surface area (Å²) in [5.74, 6) is -0.687. The van der Waals surface area contributed by atoms with Crippen LogP contribution in [-0.4, -0.2) is 33.5 Å². The van der Waals surface area contributed by atoms with E-state index in [2.05, 4.69) is 4.74 Å². The van der Waals surface area contributed by atoms with Gasteiger partial charge in [-0.05, 0) is 25.1 Å². The Bertz CT molecular complexity index is 939. The largest absolute Gasteiger partial charge is 0.465 e. The number of benzene rings is 2. The number of nitrogens with zero attached hydrogens (tertiary/aromatic N) is 2. The number of nitro benzene ring substituents is 1. The predicted octanol–water partition coefficient (Wildman–Crippen LogP) is 2.51. The van der Waals surface area contributed by atoms with Gasteiger partial charge in [0.2, 0.25) is 0 Å². The zero-order chi connectivity index (χ0) is 18.8. The Hall–Kier alpha value is -2.94. The number of methoxy groups -OCH3 is 1. The fourth-order valence-corrected chi connectivity index (χ4v) is 3.50. The molecule has 0 radical (unpaired) electrons. The number of nitro groups is 1. The van der Waals surface area contributed by atoms with Crippen LogP contribution in [-0.2, 0) is 14.8 Å². The first-order valence-electron chi connectivity index (χ1n) is 7.11. The van der Waals surface area contributed by atoms with Crippen LogP contribution >= 0.6 is 0 Å². The van der Waals surface area contributed by atoms with Crippen LogP contribution in [0.4, 0.5) is 11.4 Å².